The molecule has 2 aromatic carbocycles. The number of likely N-dealkylation sites (tertiary alicyclic amines) is 1. The molecular weight excluding hydrogens is 578 g/mol. The zero-order valence-electron chi connectivity index (χ0n) is 23.0. The van der Waals surface area contributed by atoms with Gasteiger partial charge in [-0.15, -0.1) is 0 Å². The third-order valence-corrected chi connectivity index (χ3v) is 7.85. The largest absolute Gasteiger partial charge is 0.416 e. The van der Waals surface area contributed by atoms with Crippen LogP contribution in [0.1, 0.15) is 39.4 Å². The topological polar surface area (TPSA) is 56.3 Å². The number of ether oxygens (including phenoxy) is 1. The molecule has 2 aromatic rings. The molecule has 0 bridgehead atoms. The molecule has 2 atom stereocenters. The Labute approximate surface area is 244 Å². The highest BCUT2D eigenvalue weighted by atomic mass is 19.4. The van der Waals surface area contributed by atoms with Crippen LogP contribution in [0.4, 0.5) is 26.3 Å². The van der Waals surface area contributed by atoms with Gasteiger partial charge in [0.1, 0.15) is 6.54 Å². The van der Waals surface area contributed by atoms with Crippen LogP contribution in [-0.2, 0) is 21.9 Å². The summed E-state index contributed by atoms with van der Waals surface area (Å²) in [6, 6.07) is 10.0. The quantitative estimate of drug-likeness (QED) is 0.441. The fourth-order valence-electron chi connectivity index (χ4n) is 5.59. The van der Waals surface area contributed by atoms with Crippen LogP contribution in [0.2, 0.25) is 0 Å². The van der Waals surface area contributed by atoms with Gasteiger partial charge in [0.15, 0.2) is 0 Å². The van der Waals surface area contributed by atoms with E-state index in [0.29, 0.717) is 44.9 Å². The van der Waals surface area contributed by atoms with E-state index in [-0.39, 0.29) is 43.6 Å². The van der Waals surface area contributed by atoms with E-state index in [1.807, 2.05) is 47.6 Å². The second-order valence-electron chi connectivity index (χ2n) is 10.6. The Balaban J connectivity index is 1.34. The number of halogens is 6. The van der Waals surface area contributed by atoms with Gasteiger partial charge in [-0.3, -0.25) is 9.59 Å². The van der Waals surface area contributed by atoms with Gasteiger partial charge in [0, 0.05) is 68.5 Å². The van der Waals surface area contributed by atoms with Crippen LogP contribution < -0.4 is 0 Å². The Kier molecular flexibility index (Phi) is 8.72. The number of carbonyl (C=O) groups is 2. The minimum Gasteiger partial charge on any atom is -0.378 e. The van der Waals surface area contributed by atoms with Crippen molar-refractivity contribution in [2.24, 2.45) is 0 Å². The first kappa shape index (κ1) is 30.5. The first-order valence-corrected chi connectivity index (χ1v) is 13.8. The van der Waals surface area contributed by atoms with Crippen molar-refractivity contribution in [3.8, 4) is 0 Å². The first-order valence-electron chi connectivity index (χ1n) is 13.8. The van der Waals surface area contributed by atoms with E-state index >= 15 is 0 Å². The fraction of sp³-hybridized carbons (Fsp3) is 0.400. The van der Waals surface area contributed by atoms with Crippen LogP contribution in [-0.4, -0.2) is 83.4 Å². The van der Waals surface area contributed by atoms with Crippen LogP contribution in [0.15, 0.2) is 73.3 Å². The molecule has 0 N–H and O–H groups in total. The lowest BCUT2D eigenvalue weighted by Gasteiger charge is -2.44. The van der Waals surface area contributed by atoms with E-state index in [2.05, 4.69) is 0 Å². The summed E-state index contributed by atoms with van der Waals surface area (Å²) < 4.78 is 85.9. The predicted molar refractivity (Wildman–Crippen MR) is 144 cm³/mol. The van der Waals surface area contributed by atoms with Crippen molar-refractivity contribution in [1.29, 1.82) is 0 Å². The van der Waals surface area contributed by atoms with E-state index in [4.69, 9.17) is 4.74 Å². The molecule has 2 fully saturated rings. The van der Waals surface area contributed by atoms with E-state index in [0.717, 1.165) is 5.56 Å². The average molecular weight is 609 g/mol. The molecule has 230 valence electrons. The summed E-state index contributed by atoms with van der Waals surface area (Å²) in [5.41, 5.74) is -2.84. The Morgan fingerprint density at radius 1 is 0.791 bits per heavy atom. The lowest BCUT2D eigenvalue weighted by atomic mass is 9.84. The minimum absolute atomic E-state index is 0.0165. The van der Waals surface area contributed by atoms with Gasteiger partial charge in [-0.1, -0.05) is 30.3 Å². The van der Waals surface area contributed by atoms with Crippen LogP contribution >= 0.6 is 0 Å². The molecule has 0 saturated carbocycles. The van der Waals surface area contributed by atoms with Crippen molar-refractivity contribution < 1.29 is 40.7 Å². The Bertz CT molecular complexity index is 1330. The molecule has 2 amide bonds. The SMILES string of the molecule is O=C(CN1C=CN(C2CCN(C(=O)c3cc(C(F)(F)F)cc(C(F)(F)F)c3)CC2c2ccccc2)C=C1)N1CCOCC1. The molecule has 13 heteroatoms. The third-order valence-electron chi connectivity index (χ3n) is 7.85. The van der Waals surface area contributed by atoms with Gasteiger partial charge < -0.3 is 24.3 Å². The molecule has 2 unspecified atom stereocenters. The van der Waals surface area contributed by atoms with Crippen LogP contribution in [0.3, 0.4) is 0 Å². The van der Waals surface area contributed by atoms with Gasteiger partial charge in [-0.25, -0.2) is 0 Å². The van der Waals surface area contributed by atoms with E-state index in [9.17, 15) is 35.9 Å². The Hall–Kier alpha value is -4.00. The number of piperidine rings is 1. The maximum atomic E-state index is 13.4. The van der Waals surface area contributed by atoms with Crippen molar-refractivity contribution >= 4 is 11.8 Å². The van der Waals surface area contributed by atoms with Crippen LogP contribution in [0, 0.1) is 0 Å². The summed E-state index contributed by atoms with van der Waals surface area (Å²) in [7, 11) is 0. The lowest BCUT2D eigenvalue weighted by Crippen LogP contribution is -2.49. The summed E-state index contributed by atoms with van der Waals surface area (Å²) in [4.78, 5) is 32.8. The average Bonchev–Trinajstić information content (AvgIpc) is 3.00. The molecule has 0 spiro atoms. The summed E-state index contributed by atoms with van der Waals surface area (Å²) in [6.07, 6.45) is -2.50. The maximum Gasteiger partial charge on any atom is 0.416 e. The van der Waals surface area contributed by atoms with E-state index < -0.39 is 35.0 Å². The van der Waals surface area contributed by atoms with E-state index in [1.165, 1.54) is 4.90 Å². The number of amides is 2. The summed E-state index contributed by atoms with van der Waals surface area (Å²) in [5.74, 6) is -1.22. The molecule has 0 aliphatic carbocycles. The minimum atomic E-state index is -5.05. The number of nitrogens with zero attached hydrogens (tertiary/aromatic N) is 4. The molecule has 43 heavy (non-hydrogen) atoms. The smallest absolute Gasteiger partial charge is 0.378 e. The van der Waals surface area contributed by atoms with Gasteiger partial charge in [0.05, 0.1) is 24.3 Å². The van der Waals surface area contributed by atoms with Gasteiger partial charge in [-0.05, 0) is 30.2 Å². The molecule has 7 nitrogen and oxygen atoms in total. The highest BCUT2D eigenvalue weighted by Crippen LogP contribution is 2.38. The molecule has 3 aliphatic heterocycles. The van der Waals surface area contributed by atoms with Crippen molar-refractivity contribution in [1.82, 2.24) is 19.6 Å². The van der Waals surface area contributed by atoms with Gasteiger partial charge >= 0.3 is 12.4 Å². The standard InChI is InChI=1S/C30H30F6N4O3/c31-29(32,33)23-16-22(17-24(18-23)30(34,35)36)28(42)40-7-6-26(25(19-40)21-4-2-1-3-5-21)38-10-8-37(9-11-38)20-27(41)39-12-14-43-15-13-39/h1-5,8-11,16-18,25-26H,6-7,12-15,19-20H2. The molecular formula is C30H30F6N4O3. The number of rotatable bonds is 5. The molecule has 3 aliphatic rings. The highest BCUT2D eigenvalue weighted by Gasteiger charge is 2.40. The maximum absolute atomic E-state index is 13.4. The highest BCUT2D eigenvalue weighted by molar-refractivity contribution is 5.95. The van der Waals surface area contributed by atoms with Crippen LogP contribution in [0.5, 0.6) is 0 Å². The second-order valence-corrected chi connectivity index (χ2v) is 10.6. The van der Waals surface area contributed by atoms with Crippen LogP contribution in [0.25, 0.3) is 0 Å². The van der Waals surface area contributed by atoms with Crippen molar-refractivity contribution in [2.75, 3.05) is 45.9 Å². The Morgan fingerprint density at radius 2 is 1.40 bits per heavy atom. The van der Waals surface area contributed by atoms with Crippen molar-refractivity contribution in [2.45, 2.75) is 30.7 Å². The van der Waals surface area contributed by atoms with Gasteiger partial charge in [0.25, 0.3) is 5.91 Å². The van der Waals surface area contributed by atoms with E-state index in [1.54, 1.807) is 22.2 Å². The molecule has 0 radical (unpaired) electrons. The molecule has 5 rings (SSSR count). The second kappa shape index (κ2) is 12.3. The number of hydrogen-bond donors (Lipinski definition) is 0. The Morgan fingerprint density at radius 3 is 1.98 bits per heavy atom. The number of carbonyl (C=O) groups excluding carboxylic acids is 2. The van der Waals surface area contributed by atoms with Gasteiger partial charge in [-0.2, -0.15) is 26.3 Å². The first-order chi connectivity index (χ1) is 20.4. The predicted octanol–water partition coefficient (Wildman–Crippen LogP) is 5.14. The fourth-order valence-corrected chi connectivity index (χ4v) is 5.59. The molecule has 3 heterocycles. The third kappa shape index (κ3) is 7.15. The lowest BCUT2D eigenvalue weighted by molar-refractivity contribution is -0.143. The zero-order valence-corrected chi connectivity index (χ0v) is 23.0. The monoisotopic (exact) mass is 608 g/mol. The molecule has 2 saturated heterocycles. The number of morpholine rings is 1. The van der Waals surface area contributed by atoms with Gasteiger partial charge in [0.2, 0.25) is 5.91 Å². The number of hydrogen-bond acceptors (Lipinski definition) is 5. The summed E-state index contributed by atoms with van der Waals surface area (Å²) in [6.45, 7) is 2.47. The summed E-state index contributed by atoms with van der Waals surface area (Å²) >= 11 is 0. The van der Waals surface area contributed by atoms with Crippen molar-refractivity contribution in [3.63, 3.8) is 0 Å². The summed E-state index contributed by atoms with van der Waals surface area (Å²) in [5, 5.41) is 0. The number of benzene rings is 2. The number of alkyl halides is 6. The normalized spacial score (nSPS) is 21.3. The molecule has 0 aromatic heterocycles. The van der Waals surface area contributed by atoms with Crippen molar-refractivity contribution in [3.05, 3.63) is 95.6 Å². The zero-order chi connectivity index (χ0) is 30.8.